The zero-order valence-corrected chi connectivity index (χ0v) is 15.3. The van der Waals surface area contributed by atoms with Crippen LogP contribution in [0.3, 0.4) is 0 Å². The fourth-order valence-electron chi connectivity index (χ4n) is 3.17. The van der Waals surface area contributed by atoms with E-state index in [1.807, 2.05) is 11.1 Å². The van der Waals surface area contributed by atoms with Crippen molar-refractivity contribution in [2.24, 2.45) is 5.92 Å². The summed E-state index contributed by atoms with van der Waals surface area (Å²) >= 11 is 1.72. The van der Waals surface area contributed by atoms with Crippen molar-refractivity contribution < 1.29 is 4.79 Å². The molecular formula is C18H24N4OS. The summed E-state index contributed by atoms with van der Waals surface area (Å²) in [7, 11) is 0. The minimum Gasteiger partial charge on any atom is -0.343 e. The van der Waals surface area contributed by atoms with E-state index in [2.05, 4.69) is 28.8 Å². The molecule has 0 atom stereocenters. The van der Waals surface area contributed by atoms with Crippen LogP contribution >= 0.6 is 11.3 Å². The molecule has 2 aromatic rings. The number of aromatic nitrogens is 3. The molecule has 0 aliphatic carbocycles. The maximum absolute atomic E-state index is 11.5. The molecule has 3 rings (SSSR count). The molecule has 0 N–H and O–H groups in total. The molecule has 0 saturated carbocycles. The van der Waals surface area contributed by atoms with E-state index in [1.165, 1.54) is 0 Å². The topological polar surface area (TPSA) is 59.0 Å². The highest BCUT2D eigenvalue weighted by molar-refractivity contribution is 7.15. The van der Waals surface area contributed by atoms with E-state index in [0.717, 1.165) is 53.6 Å². The zero-order valence-electron chi connectivity index (χ0n) is 14.5. The van der Waals surface area contributed by atoms with E-state index in [4.69, 9.17) is 0 Å². The lowest BCUT2D eigenvalue weighted by Gasteiger charge is -2.31. The second kappa shape index (κ2) is 7.38. The highest BCUT2D eigenvalue weighted by Crippen LogP contribution is 2.35. The van der Waals surface area contributed by atoms with Gasteiger partial charge in [0.15, 0.2) is 0 Å². The maximum Gasteiger partial charge on any atom is 0.219 e. The molecule has 1 aliphatic heterocycles. The van der Waals surface area contributed by atoms with Gasteiger partial charge in [-0.2, -0.15) is 0 Å². The second-order valence-corrected chi connectivity index (χ2v) is 7.90. The number of rotatable bonds is 4. The van der Waals surface area contributed by atoms with Gasteiger partial charge in [-0.25, -0.2) is 4.98 Å². The molecule has 24 heavy (non-hydrogen) atoms. The number of likely N-dealkylation sites (tertiary alicyclic amines) is 1. The van der Waals surface area contributed by atoms with Gasteiger partial charge in [-0.3, -0.25) is 14.8 Å². The third kappa shape index (κ3) is 3.80. The Balaban J connectivity index is 1.81. The van der Waals surface area contributed by atoms with Crippen molar-refractivity contribution in [1.82, 2.24) is 19.9 Å². The number of carbonyl (C=O) groups excluding carboxylic acids is 1. The fraction of sp³-hybridized carbons (Fsp3) is 0.556. The van der Waals surface area contributed by atoms with Gasteiger partial charge in [-0.05, 0) is 18.8 Å². The van der Waals surface area contributed by atoms with E-state index < -0.39 is 0 Å². The normalized spacial score (nSPS) is 15.9. The summed E-state index contributed by atoms with van der Waals surface area (Å²) in [5, 5.41) is 1.16. The van der Waals surface area contributed by atoms with Crippen LogP contribution in [0.5, 0.6) is 0 Å². The molecule has 1 fully saturated rings. The van der Waals surface area contributed by atoms with Gasteiger partial charge >= 0.3 is 0 Å². The number of thiazole rings is 1. The molecule has 2 aromatic heterocycles. The molecule has 5 nitrogen and oxygen atoms in total. The van der Waals surface area contributed by atoms with Crippen LogP contribution in [0.1, 0.15) is 50.2 Å². The van der Waals surface area contributed by atoms with Gasteiger partial charge in [-0.1, -0.05) is 13.8 Å². The van der Waals surface area contributed by atoms with E-state index >= 15 is 0 Å². The maximum atomic E-state index is 11.5. The Morgan fingerprint density at radius 2 is 1.96 bits per heavy atom. The van der Waals surface area contributed by atoms with Crippen molar-refractivity contribution in [3.05, 3.63) is 29.3 Å². The van der Waals surface area contributed by atoms with E-state index in [1.54, 1.807) is 30.7 Å². The minimum atomic E-state index is 0.161. The number of piperidine rings is 1. The molecule has 1 saturated heterocycles. The quantitative estimate of drug-likeness (QED) is 0.851. The van der Waals surface area contributed by atoms with Crippen molar-refractivity contribution >= 4 is 17.2 Å². The third-order valence-electron chi connectivity index (χ3n) is 4.42. The first-order chi connectivity index (χ1) is 11.5. The lowest BCUT2D eigenvalue weighted by molar-refractivity contribution is -0.129. The molecule has 1 aliphatic rings. The van der Waals surface area contributed by atoms with Gasteiger partial charge in [0.25, 0.3) is 0 Å². The first-order valence-electron chi connectivity index (χ1n) is 8.56. The van der Waals surface area contributed by atoms with E-state index in [-0.39, 0.29) is 5.91 Å². The Labute approximate surface area is 147 Å². The monoisotopic (exact) mass is 344 g/mol. The van der Waals surface area contributed by atoms with E-state index in [9.17, 15) is 4.79 Å². The standard InChI is InChI=1S/C18H24N4OS/c1-12(2)10-16-21-11-15(24-16)18-17(19-6-7-20-18)14-4-8-22(9-5-14)13(3)23/h6-7,11-12,14H,4-5,8-10H2,1-3H3. The highest BCUT2D eigenvalue weighted by Gasteiger charge is 2.26. The highest BCUT2D eigenvalue weighted by atomic mass is 32.1. The van der Waals surface area contributed by atoms with Crippen molar-refractivity contribution in [3.8, 4) is 10.6 Å². The summed E-state index contributed by atoms with van der Waals surface area (Å²) in [5.74, 6) is 1.12. The van der Waals surface area contributed by atoms with Crippen LogP contribution in [0.15, 0.2) is 18.6 Å². The molecule has 0 aromatic carbocycles. The van der Waals surface area contributed by atoms with Gasteiger partial charge in [0.1, 0.15) is 5.69 Å². The molecule has 128 valence electrons. The lowest BCUT2D eigenvalue weighted by Crippen LogP contribution is -2.36. The van der Waals surface area contributed by atoms with Crippen LogP contribution in [-0.2, 0) is 11.2 Å². The van der Waals surface area contributed by atoms with Gasteiger partial charge in [0.2, 0.25) is 5.91 Å². The van der Waals surface area contributed by atoms with Gasteiger partial charge in [-0.15, -0.1) is 11.3 Å². The summed E-state index contributed by atoms with van der Waals surface area (Å²) in [5.41, 5.74) is 2.02. The second-order valence-electron chi connectivity index (χ2n) is 6.79. The number of carbonyl (C=O) groups is 1. The molecule has 0 radical (unpaired) electrons. The largest absolute Gasteiger partial charge is 0.343 e. The summed E-state index contributed by atoms with van der Waals surface area (Å²) in [6.45, 7) is 7.66. The predicted molar refractivity (Wildman–Crippen MR) is 95.9 cm³/mol. The summed E-state index contributed by atoms with van der Waals surface area (Å²) in [6.07, 6.45) is 8.35. The molecule has 0 unspecified atom stereocenters. The Kier molecular flexibility index (Phi) is 5.23. The lowest BCUT2D eigenvalue weighted by atomic mass is 9.91. The zero-order chi connectivity index (χ0) is 17.1. The Bertz CT molecular complexity index is 705. The predicted octanol–water partition coefficient (Wildman–Crippen LogP) is 3.52. The van der Waals surface area contributed by atoms with Gasteiger partial charge in [0.05, 0.1) is 15.6 Å². The molecular weight excluding hydrogens is 320 g/mol. The van der Waals surface area contributed by atoms with Crippen LogP contribution in [0.25, 0.3) is 10.6 Å². The smallest absolute Gasteiger partial charge is 0.219 e. The SMILES string of the molecule is CC(=O)N1CCC(c2nccnc2-c2cnc(CC(C)C)s2)CC1. The first kappa shape index (κ1) is 17.0. The minimum absolute atomic E-state index is 0.161. The van der Waals surface area contributed by atoms with Crippen molar-refractivity contribution in [1.29, 1.82) is 0 Å². The van der Waals surface area contributed by atoms with Crippen LogP contribution in [-0.4, -0.2) is 38.8 Å². The van der Waals surface area contributed by atoms with Crippen LogP contribution in [0.4, 0.5) is 0 Å². The Hall–Kier alpha value is -1.82. The first-order valence-corrected chi connectivity index (χ1v) is 9.37. The molecule has 0 spiro atoms. The van der Waals surface area contributed by atoms with E-state index in [0.29, 0.717) is 11.8 Å². The fourth-order valence-corrected chi connectivity index (χ4v) is 4.30. The van der Waals surface area contributed by atoms with Crippen molar-refractivity contribution in [2.45, 2.75) is 46.0 Å². The number of hydrogen-bond acceptors (Lipinski definition) is 5. The van der Waals surface area contributed by atoms with Crippen molar-refractivity contribution in [3.63, 3.8) is 0 Å². The van der Waals surface area contributed by atoms with Crippen LogP contribution < -0.4 is 0 Å². The summed E-state index contributed by atoms with van der Waals surface area (Å²) in [6, 6.07) is 0. The number of nitrogens with zero attached hydrogens (tertiary/aromatic N) is 4. The molecule has 3 heterocycles. The van der Waals surface area contributed by atoms with Crippen molar-refractivity contribution in [2.75, 3.05) is 13.1 Å². The van der Waals surface area contributed by atoms with Gasteiger partial charge < -0.3 is 4.90 Å². The molecule has 0 bridgehead atoms. The third-order valence-corrected chi connectivity index (χ3v) is 5.45. The molecule has 1 amide bonds. The summed E-state index contributed by atoms with van der Waals surface area (Å²) in [4.78, 5) is 28.3. The molecule has 6 heteroatoms. The van der Waals surface area contributed by atoms with Gasteiger partial charge in [0, 0.05) is 50.9 Å². The Morgan fingerprint density at radius 1 is 1.25 bits per heavy atom. The number of amides is 1. The van der Waals surface area contributed by atoms with Crippen LogP contribution in [0.2, 0.25) is 0 Å². The number of hydrogen-bond donors (Lipinski definition) is 0. The Morgan fingerprint density at radius 3 is 2.62 bits per heavy atom. The average molecular weight is 344 g/mol. The average Bonchev–Trinajstić information content (AvgIpc) is 3.02. The van der Waals surface area contributed by atoms with Crippen LogP contribution in [0, 0.1) is 5.92 Å². The summed E-state index contributed by atoms with van der Waals surface area (Å²) < 4.78 is 0.